The van der Waals surface area contributed by atoms with Crippen LogP contribution in [0.5, 0.6) is 0 Å². The summed E-state index contributed by atoms with van der Waals surface area (Å²) in [4.78, 5) is 0. The van der Waals surface area contributed by atoms with Gasteiger partial charge in [0.2, 0.25) is 0 Å². The lowest BCUT2D eigenvalue weighted by molar-refractivity contribution is 0.0481. The van der Waals surface area contributed by atoms with Crippen molar-refractivity contribution in [2.75, 3.05) is 26.4 Å². The molecule has 0 aliphatic rings. The molecule has 0 bridgehead atoms. The number of aromatic nitrogens is 3. The summed E-state index contributed by atoms with van der Waals surface area (Å²) in [5.74, 6) is 5.78. The molecule has 0 spiro atoms. The molecule has 3 N–H and O–H groups in total. The Bertz CT molecular complexity index is 384. The van der Waals surface area contributed by atoms with Gasteiger partial charge in [-0.2, -0.15) is 0 Å². The fraction of sp³-hybridized carbons (Fsp3) is 0.714. The average molecular weight is 280 g/mol. The minimum absolute atomic E-state index is 0.104. The smallest absolute Gasteiger partial charge is 0.0839 e. The van der Waals surface area contributed by atoms with Crippen LogP contribution in [-0.4, -0.2) is 47.9 Å². The van der Waals surface area contributed by atoms with Crippen LogP contribution in [0.1, 0.15) is 31.9 Å². The standard InChI is InChI=1S/C14H24N4O2/c1-2-3-4-7-19-9-10-20-8-5-6-13(15)11-14-12-16-18-17-14/h12-13H,4-11,15H2,1H3,(H,16,17,18). The highest BCUT2D eigenvalue weighted by Gasteiger charge is 2.05. The molecule has 1 heterocycles. The maximum Gasteiger partial charge on any atom is 0.0839 e. The van der Waals surface area contributed by atoms with Crippen molar-refractivity contribution in [2.24, 2.45) is 5.73 Å². The molecule has 112 valence electrons. The molecule has 0 saturated heterocycles. The maximum absolute atomic E-state index is 6.00. The van der Waals surface area contributed by atoms with E-state index in [0.717, 1.165) is 31.4 Å². The van der Waals surface area contributed by atoms with Crippen LogP contribution in [0.25, 0.3) is 0 Å². The highest BCUT2D eigenvalue weighted by Crippen LogP contribution is 2.02. The number of ether oxygens (including phenoxy) is 2. The van der Waals surface area contributed by atoms with Crippen molar-refractivity contribution in [1.29, 1.82) is 0 Å². The summed E-state index contributed by atoms with van der Waals surface area (Å²) in [6, 6.07) is 0.104. The Balaban J connectivity index is 1.85. The number of hydrogen-bond donors (Lipinski definition) is 2. The zero-order valence-electron chi connectivity index (χ0n) is 12.1. The largest absolute Gasteiger partial charge is 0.379 e. The van der Waals surface area contributed by atoms with Gasteiger partial charge in [-0.15, -0.1) is 16.9 Å². The van der Waals surface area contributed by atoms with Gasteiger partial charge in [0.05, 0.1) is 25.5 Å². The van der Waals surface area contributed by atoms with E-state index in [4.69, 9.17) is 15.2 Å². The molecule has 0 saturated carbocycles. The molecule has 1 rings (SSSR count). The maximum atomic E-state index is 6.00. The minimum Gasteiger partial charge on any atom is -0.379 e. The second kappa shape index (κ2) is 11.4. The molecule has 1 aromatic heterocycles. The lowest BCUT2D eigenvalue weighted by Gasteiger charge is -2.09. The number of nitrogens with one attached hydrogen (secondary N) is 1. The fourth-order valence-corrected chi connectivity index (χ4v) is 1.71. The van der Waals surface area contributed by atoms with Gasteiger partial charge in [0.15, 0.2) is 0 Å². The molecule has 0 amide bonds. The van der Waals surface area contributed by atoms with Gasteiger partial charge in [0.25, 0.3) is 0 Å². The molecule has 0 aromatic carbocycles. The van der Waals surface area contributed by atoms with E-state index in [-0.39, 0.29) is 6.04 Å². The lowest BCUT2D eigenvalue weighted by Crippen LogP contribution is -2.23. The monoisotopic (exact) mass is 280 g/mol. The topological polar surface area (TPSA) is 86.0 Å². The van der Waals surface area contributed by atoms with E-state index >= 15 is 0 Å². The van der Waals surface area contributed by atoms with Gasteiger partial charge in [-0.05, 0) is 19.8 Å². The first kappa shape index (κ1) is 16.6. The Morgan fingerprint density at radius 1 is 1.30 bits per heavy atom. The predicted molar refractivity (Wildman–Crippen MR) is 77.0 cm³/mol. The molecule has 1 unspecified atom stereocenters. The second-order valence-electron chi connectivity index (χ2n) is 4.47. The average Bonchev–Trinajstić information content (AvgIpc) is 2.93. The minimum atomic E-state index is 0.104. The van der Waals surface area contributed by atoms with E-state index in [1.165, 1.54) is 0 Å². The Labute approximate surface area is 120 Å². The van der Waals surface area contributed by atoms with E-state index < -0.39 is 0 Å². The van der Waals surface area contributed by atoms with Gasteiger partial charge in [0, 0.05) is 31.7 Å². The molecule has 0 aliphatic carbocycles. The van der Waals surface area contributed by atoms with Crippen molar-refractivity contribution in [2.45, 2.75) is 38.6 Å². The summed E-state index contributed by atoms with van der Waals surface area (Å²) in [6.07, 6.45) is 5.17. The van der Waals surface area contributed by atoms with Crippen molar-refractivity contribution in [3.63, 3.8) is 0 Å². The number of nitrogens with zero attached hydrogens (tertiary/aromatic N) is 2. The third-order valence-corrected chi connectivity index (χ3v) is 2.72. The van der Waals surface area contributed by atoms with Crippen LogP contribution >= 0.6 is 0 Å². The normalized spacial score (nSPS) is 11.9. The van der Waals surface area contributed by atoms with Crippen LogP contribution in [-0.2, 0) is 15.9 Å². The lowest BCUT2D eigenvalue weighted by atomic mass is 10.1. The first-order valence-corrected chi connectivity index (χ1v) is 6.99. The summed E-state index contributed by atoms with van der Waals surface area (Å²) < 4.78 is 10.8. The summed E-state index contributed by atoms with van der Waals surface area (Å²) in [5, 5.41) is 10.2. The number of aromatic amines is 1. The summed E-state index contributed by atoms with van der Waals surface area (Å²) in [5.41, 5.74) is 6.90. The van der Waals surface area contributed by atoms with Gasteiger partial charge < -0.3 is 15.2 Å². The summed E-state index contributed by atoms with van der Waals surface area (Å²) in [6.45, 7) is 4.46. The van der Waals surface area contributed by atoms with Crippen LogP contribution in [0, 0.1) is 11.8 Å². The third-order valence-electron chi connectivity index (χ3n) is 2.72. The fourth-order valence-electron chi connectivity index (χ4n) is 1.71. The van der Waals surface area contributed by atoms with Crippen LogP contribution < -0.4 is 5.73 Å². The number of hydrogen-bond acceptors (Lipinski definition) is 5. The Morgan fingerprint density at radius 2 is 2.10 bits per heavy atom. The number of nitrogens with two attached hydrogens (primary N) is 1. The van der Waals surface area contributed by atoms with Crippen molar-refractivity contribution < 1.29 is 9.47 Å². The first-order chi connectivity index (χ1) is 9.83. The zero-order valence-corrected chi connectivity index (χ0v) is 12.1. The molecule has 20 heavy (non-hydrogen) atoms. The molecule has 0 radical (unpaired) electrons. The zero-order chi connectivity index (χ0) is 14.5. The van der Waals surface area contributed by atoms with Crippen molar-refractivity contribution in [3.05, 3.63) is 11.9 Å². The second-order valence-corrected chi connectivity index (χ2v) is 4.47. The van der Waals surface area contributed by atoms with Gasteiger partial charge >= 0.3 is 0 Å². The van der Waals surface area contributed by atoms with Gasteiger partial charge in [-0.1, -0.05) is 5.21 Å². The van der Waals surface area contributed by atoms with Crippen LogP contribution in [0.15, 0.2) is 6.20 Å². The van der Waals surface area contributed by atoms with E-state index in [1.54, 1.807) is 6.20 Å². The summed E-state index contributed by atoms with van der Waals surface area (Å²) in [7, 11) is 0. The molecule has 1 atom stereocenters. The SMILES string of the molecule is CC#CCCOCCOCCCC(N)Cc1c[nH]nn1. The molecular weight excluding hydrogens is 256 g/mol. The molecule has 0 fully saturated rings. The van der Waals surface area contributed by atoms with Crippen LogP contribution in [0.2, 0.25) is 0 Å². The molecule has 6 heteroatoms. The molecule has 1 aromatic rings. The predicted octanol–water partition coefficient (Wildman–Crippen LogP) is 0.901. The van der Waals surface area contributed by atoms with E-state index in [1.807, 2.05) is 6.92 Å². The van der Waals surface area contributed by atoms with Gasteiger partial charge in [0.1, 0.15) is 0 Å². The van der Waals surface area contributed by atoms with Crippen molar-refractivity contribution >= 4 is 0 Å². The quantitative estimate of drug-likeness (QED) is 0.464. The van der Waals surface area contributed by atoms with Crippen molar-refractivity contribution in [1.82, 2.24) is 15.4 Å². The van der Waals surface area contributed by atoms with Crippen LogP contribution in [0.4, 0.5) is 0 Å². The molecular formula is C14H24N4O2. The van der Waals surface area contributed by atoms with E-state index in [0.29, 0.717) is 26.4 Å². The Hall–Kier alpha value is -1.42. The number of H-pyrrole nitrogens is 1. The first-order valence-electron chi connectivity index (χ1n) is 6.99. The highest BCUT2D eigenvalue weighted by atomic mass is 16.5. The Kier molecular flexibility index (Phi) is 9.49. The van der Waals surface area contributed by atoms with Gasteiger partial charge in [-0.25, -0.2) is 0 Å². The molecule has 6 nitrogen and oxygen atoms in total. The van der Waals surface area contributed by atoms with E-state index in [9.17, 15) is 0 Å². The summed E-state index contributed by atoms with van der Waals surface area (Å²) >= 11 is 0. The van der Waals surface area contributed by atoms with Crippen LogP contribution in [0.3, 0.4) is 0 Å². The van der Waals surface area contributed by atoms with E-state index in [2.05, 4.69) is 27.3 Å². The van der Waals surface area contributed by atoms with Crippen molar-refractivity contribution in [3.8, 4) is 11.8 Å². The molecule has 0 aliphatic heterocycles. The number of rotatable bonds is 11. The third kappa shape index (κ3) is 8.64. The highest BCUT2D eigenvalue weighted by molar-refractivity contribution is 4.94. The van der Waals surface area contributed by atoms with Gasteiger partial charge in [-0.3, -0.25) is 5.10 Å². The Morgan fingerprint density at radius 3 is 2.80 bits per heavy atom.